The highest BCUT2D eigenvalue weighted by Gasteiger charge is 2.29. The molecule has 3 rings (SSSR count). The summed E-state index contributed by atoms with van der Waals surface area (Å²) in [5.74, 6) is 0.315. The number of hydrogen-bond donors (Lipinski definition) is 2. The summed E-state index contributed by atoms with van der Waals surface area (Å²) >= 11 is 0. The zero-order chi connectivity index (χ0) is 22.4. The molecule has 1 heterocycles. The Morgan fingerprint density at radius 3 is 2.32 bits per heavy atom. The summed E-state index contributed by atoms with van der Waals surface area (Å²) in [6, 6.07) is 6.85. The van der Waals surface area contributed by atoms with Crippen LogP contribution in [0.3, 0.4) is 0 Å². The lowest BCUT2D eigenvalue weighted by atomic mass is 9.87. The molecule has 7 heteroatoms. The Bertz CT molecular complexity index is 788. The minimum absolute atomic E-state index is 0.0466. The number of nitrogens with zero attached hydrogens (tertiary/aromatic N) is 1. The summed E-state index contributed by atoms with van der Waals surface area (Å²) in [6.45, 7) is 6.78. The molecule has 0 spiro atoms. The normalized spacial score (nSPS) is 18.4. The van der Waals surface area contributed by atoms with Gasteiger partial charge in [0, 0.05) is 36.3 Å². The van der Waals surface area contributed by atoms with Gasteiger partial charge in [-0.1, -0.05) is 25.3 Å². The van der Waals surface area contributed by atoms with Gasteiger partial charge in [-0.2, -0.15) is 0 Å². The second-order valence-electron chi connectivity index (χ2n) is 9.62. The predicted molar refractivity (Wildman–Crippen MR) is 120 cm³/mol. The van der Waals surface area contributed by atoms with Gasteiger partial charge in [-0.05, 0) is 64.7 Å². The maximum atomic E-state index is 12.7. The van der Waals surface area contributed by atoms with Gasteiger partial charge in [0.25, 0.3) is 5.91 Å². The van der Waals surface area contributed by atoms with Crippen LogP contribution >= 0.6 is 0 Å². The largest absolute Gasteiger partial charge is 0.444 e. The number of likely N-dealkylation sites (tertiary alicyclic amines) is 1. The average molecular weight is 430 g/mol. The third-order valence-electron chi connectivity index (χ3n) is 5.87. The Morgan fingerprint density at radius 2 is 1.68 bits per heavy atom. The van der Waals surface area contributed by atoms with Gasteiger partial charge in [-0.15, -0.1) is 0 Å². The number of piperidine rings is 1. The molecule has 1 aliphatic carbocycles. The summed E-state index contributed by atoms with van der Waals surface area (Å²) in [5.41, 5.74) is 0.399. The number of rotatable bonds is 4. The number of amides is 3. The van der Waals surface area contributed by atoms with Gasteiger partial charge in [-0.3, -0.25) is 14.9 Å². The molecule has 3 amide bonds. The minimum atomic E-state index is -0.591. The van der Waals surface area contributed by atoms with Crippen LogP contribution in [-0.2, 0) is 9.53 Å². The van der Waals surface area contributed by atoms with E-state index in [0.29, 0.717) is 30.2 Å². The molecule has 0 aromatic heterocycles. The van der Waals surface area contributed by atoms with Gasteiger partial charge < -0.3 is 15.0 Å². The number of carbonyl (C=O) groups excluding carboxylic acids is 3. The van der Waals surface area contributed by atoms with E-state index in [1.165, 1.54) is 6.42 Å². The van der Waals surface area contributed by atoms with Gasteiger partial charge in [0.05, 0.1) is 0 Å². The first kappa shape index (κ1) is 23.1. The molecule has 0 bridgehead atoms. The summed E-state index contributed by atoms with van der Waals surface area (Å²) in [4.78, 5) is 39.4. The molecule has 2 N–H and O–H groups in total. The molecule has 7 nitrogen and oxygen atoms in total. The van der Waals surface area contributed by atoms with Crippen molar-refractivity contribution in [2.24, 2.45) is 5.92 Å². The van der Waals surface area contributed by atoms with Crippen LogP contribution in [0.25, 0.3) is 0 Å². The van der Waals surface area contributed by atoms with Gasteiger partial charge in [-0.25, -0.2) is 4.79 Å². The fraction of sp³-hybridized carbons (Fsp3) is 0.625. The number of benzene rings is 1. The zero-order valence-electron chi connectivity index (χ0n) is 18.9. The van der Waals surface area contributed by atoms with Crippen LogP contribution in [-0.4, -0.2) is 47.5 Å². The zero-order valence-corrected chi connectivity index (χ0v) is 18.9. The van der Waals surface area contributed by atoms with Crippen LogP contribution in [0.5, 0.6) is 0 Å². The fourth-order valence-corrected chi connectivity index (χ4v) is 4.28. The highest BCUT2D eigenvalue weighted by Crippen LogP contribution is 2.26. The van der Waals surface area contributed by atoms with Crippen LogP contribution in [0.15, 0.2) is 24.3 Å². The smallest absolute Gasteiger partial charge is 0.412 e. The van der Waals surface area contributed by atoms with E-state index in [9.17, 15) is 14.4 Å². The highest BCUT2D eigenvalue weighted by molar-refractivity contribution is 5.96. The standard InChI is InChI=1S/C24H35N3O4/c1-24(2,3)31-23(30)26-20-11-7-10-18(16-20)21(28)25-19-12-14-27(15-13-19)22(29)17-8-5-4-6-9-17/h7,10-11,16-17,19H,4-6,8-9,12-15H2,1-3H3,(H,25,28)(H,26,30). The first-order valence-corrected chi connectivity index (χ1v) is 11.4. The number of anilines is 1. The topological polar surface area (TPSA) is 87.7 Å². The molecule has 31 heavy (non-hydrogen) atoms. The molecule has 170 valence electrons. The van der Waals surface area contributed by atoms with E-state index in [2.05, 4.69) is 10.6 Å². The first-order chi connectivity index (χ1) is 14.7. The van der Waals surface area contributed by atoms with Crippen LogP contribution in [0.4, 0.5) is 10.5 Å². The quantitative estimate of drug-likeness (QED) is 0.745. The second kappa shape index (κ2) is 10.2. The number of carbonyl (C=O) groups is 3. The van der Waals surface area contributed by atoms with E-state index < -0.39 is 11.7 Å². The Hall–Kier alpha value is -2.57. The summed E-state index contributed by atoms with van der Waals surface area (Å²) in [6.07, 6.45) is 6.56. The van der Waals surface area contributed by atoms with Crippen molar-refractivity contribution in [3.63, 3.8) is 0 Å². The highest BCUT2D eigenvalue weighted by atomic mass is 16.6. The molecule has 2 fully saturated rings. The second-order valence-corrected chi connectivity index (χ2v) is 9.62. The Labute approximate surface area is 184 Å². The molecule has 0 unspecified atom stereocenters. The lowest BCUT2D eigenvalue weighted by Crippen LogP contribution is -2.48. The van der Waals surface area contributed by atoms with Crippen molar-refractivity contribution >= 4 is 23.6 Å². The van der Waals surface area contributed by atoms with Crippen molar-refractivity contribution in [1.29, 1.82) is 0 Å². The SMILES string of the molecule is CC(C)(C)OC(=O)Nc1cccc(C(=O)NC2CCN(C(=O)C3CCCCC3)CC2)c1. The predicted octanol–water partition coefficient (Wildman–Crippen LogP) is 4.33. The van der Waals surface area contributed by atoms with E-state index in [0.717, 1.165) is 38.5 Å². The Kier molecular flexibility index (Phi) is 7.57. The maximum Gasteiger partial charge on any atom is 0.412 e. The van der Waals surface area contributed by atoms with E-state index in [1.54, 1.807) is 45.0 Å². The van der Waals surface area contributed by atoms with E-state index in [-0.39, 0.29) is 17.9 Å². The number of ether oxygens (including phenoxy) is 1. The summed E-state index contributed by atoms with van der Waals surface area (Å²) in [5, 5.41) is 5.73. The van der Waals surface area contributed by atoms with Crippen LogP contribution < -0.4 is 10.6 Å². The molecule has 0 atom stereocenters. The maximum absolute atomic E-state index is 12.7. The van der Waals surface area contributed by atoms with Crippen molar-refractivity contribution in [2.45, 2.75) is 77.4 Å². The monoisotopic (exact) mass is 429 g/mol. The van der Waals surface area contributed by atoms with Crippen LogP contribution in [0.2, 0.25) is 0 Å². The molecule has 1 aromatic rings. The molecular formula is C24H35N3O4. The van der Waals surface area contributed by atoms with E-state index in [4.69, 9.17) is 4.74 Å². The lowest BCUT2D eigenvalue weighted by Gasteiger charge is -2.35. The van der Waals surface area contributed by atoms with Crippen molar-refractivity contribution in [3.05, 3.63) is 29.8 Å². The lowest BCUT2D eigenvalue weighted by molar-refractivity contribution is -0.137. The minimum Gasteiger partial charge on any atom is -0.444 e. The number of hydrogen-bond acceptors (Lipinski definition) is 4. The first-order valence-electron chi connectivity index (χ1n) is 11.4. The Morgan fingerprint density at radius 1 is 1.00 bits per heavy atom. The van der Waals surface area contributed by atoms with Crippen molar-refractivity contribution in [2.75, 3.05) is 18.4 Å². The molecule has 0 radical (unpaired) electrons. The summed E-state index contributed by atoms with van der Waals surface area (Å²) in [7, 11) is 0. The average Bonchev–Trinajstić information content (AvgIpc) is 2.73. The number of nitrogens with one attached hydrogen (secondary N) is 2. The molecular weight excluding hydrogens is 394 g/mol. The summed E-state index contributed by atoms with van der Waals surface area (Å²) < 4.78 is 5.25. The van der Waals surface area contributed by atoms with E-state index >= 15 is 0 Å². The molecule has 1 aliphatic heterocycles. The van der Waals surface area contributed by atoms with Gasteiger partial charge >= 0.3 is 6.09 Å². The molecule has 2 aliphatic rings. The van der Waals surface area contributed by atoms with Crippen molar-refractivity contribution in [1.82, 2.24) is 10.2 Å². The Balaban J connectivity index is 1.48. The van der Waals surface area contributed by atoms with Gasteiger partial charge in [0.2, 0.25) is 5.91 Å². The third-order valence-corrected chi connectivity index (χ3v) is 5.87. The van der Waals surface area contributed by atoms with Gasteiger partial charge in [0.1, 0.15) is 5.60 Å². The van der Waals surface area contributed by atoms with Gasteiger partial charge in [0.15, 0.2) is 0 Å². The van der Waals surface area contributed by atoms with Crippen LogP contribution in [0, 0.1) is 5.92 Å². The molecule has 1 saturated carbocycles. The fourth-order valence-electron chi connectivity index (χ4n) is 4.28. The van der Waals surface area contributed by atoms with Crippen molar-refractivity contribution < 1.29 is 19.1 Å². The third kappa shape index (κ3) is 6.97. The molecule has 1 aromatic carbocycles. The van der Waals surface area contributed by atoms with Crippen molar-refractivity contribution in [3.8, 4) is 0 Å². The van der Waals surface area contributed by atoms with Crippen LogP contribution in [0.1, 0.15) is 76.1 Å². The molecule has 1 saturated heterocycles. The van der Waals surface area contributed by atoms with E-state index in [1.807, 2.05) is 4.90 Å².